The van der Waals surface area contributed by atoms with Crippen LogP contribution in [-0.4, -0.2) is 192 Å². The van der Waals surface area contributed by atoms with Gasteiger partial charge in [-0.1, -0.05) is 104 Å². The number of hydrogen-bond acceptors (Lipinski definition) is 15. The van der Waals surface area contributed by atoms with E-state index in [-0.39, 0.29) is 74.9 Å². The number of ether oxygens (including phenoxy) is 3. The lowest BCUT2D eigenvalue weighted by molar-refractivity contribution is -0.148. The molecule has 9 N–H and O–H groups in total. The van der Waals surface area contributed by atoms with Gasteiger partial charge in [-0.15, -0.1) is 0 Å². The van der Waals surface area contributed by atoms with Crippen molar-refractivity contribution in [1.29, 1.82) is 0 Å². The van der Waals surface area contributed by atoms with E-state index < -0.39 is 120 Å². The Kier molecular flexibility index (Phi) is 31.2. The monoisotopic (exact) mass is 1290 g/mol. The number of nitrogens with zero attached hydrogens (tertiary/aromatic N) is 4. The maximum absolute atomic E-state index is 14.8. The number of urea groups is 1. The Balaban J connectivity index is 1.35. The van der Waals surface area contributed by atoms with Crippen molar-refractivity contribution < 1.29 is 72.1 Å². The Labute approximate surface area is 541 Å². The van der Waals surface area contributed by atoms with Crippen molar-refractivity contribution >= 4 is 71.0 Å². The average Bonchev–Trinajstić information content (AvgIpc) is 1.50. The van der Waals surface area contributed by atoms with Crippen molar-refractivity contribution in [2.45, 2.75) is 194 Å². The third kappa shape index (κ3) is 22.4. The summed E-state index contributed by atoms with van der Waals surface area (Å²) in [5, 5.41) is 27.3. The summed E-state index contributed by atoms with van der Waals surface area (Å²) in [5.74, 6) is -5.70. The molecule has 2 heterocycles. The molecule has 510 valence electrons. The van der Waals surface area contributed by atoms with Gasteiger partial charge in [0.05, 0.1) is 48.8 Å². The summed E-state index contributed by atoms with van der Waals surface area (Å²) < 4.78 is 17.7. The highest BCUT2D eigenvalue weighted by molar-refractivity contribution is 6.12. The fourth-order valence-corrected chi connectivity index (χ4v) is 11.7. The van der Waals surface area contributed by atoms with Crippen molar-refractivity contribution in [3.05, 3.63) is 77.9 Å². The Hall–Kier alpha value is -7.97. The van der Waals surface area contributed by atoms with E-state index >= 15 is 0 Å². The predicted molar refractivity (Wildman–Crippen MR) is 344 cm³/mol. The second kappa shape index (κ2) is 37.5. The Bertz CT molecular complexity index is 2820. The SMILES string of the molecule is CC[C@H](C)[C@@H]([C@@H](CC(=O)N1CCC[C@H]1[C@H](OC)[C@@H](C)C(=O)N[C@H](C)[C@@H](O)c1ccccc1)OC)N(C)C(=O)[C@@H](NC(=O)[C@H](C(C)C)N(C)C(=O)OCc1ccc(NC(=O)[C@H](CCCNC(N)=O)NC(=O)[C@H](C)NC(=O)CCCCCN2C(=O)C=CC2=O)cc1)C(C)C. The van der Waals surface area contributed by atoms with E-state index in [1.54, 1.807) is 94.8 Å². The molecule has 12 amide bonds. The van der Waals surface area contributed by atoms with Crippen LogP contribution in [0.5, 0.6) is 0 Å². The predicted octanol–water partition coefficient (Wildman–Crippen LogP) is 4.44. The van der Waals surface area contributed by atoms with Crippen LogP contribution < -0.4 is 37.6 Å². The van der Waals surface area contributed by atoms with Gasteiger partial charge in [0.1, 0.15) is 30.8 Å². The molecule has 2 aliphatic heterocycles. The number of hydrogen-bond donors (Lipinski definition) is 8. The Morgan fingerprint density at radius 1 is 0.739 bits per heavy atom. The molecule has 0 radical (unpaired) electrons. The lowest BCUT2D eigenvalue weighted by Crippen LogP contribution is -2.60. The smallest absolute Gasteiger partial charge is 0.410 e. The number of likely N-dealkylation sites (N-methyl/N-ethyl adjacent to an activating group) is 2. The molecular weight excluding hydrogens is 1190 g/mol. The number of aliphatic hydroxyl groups excluding tert-OH is 1. The van der Waals surface area contributed by atoms with E-state index in [4.69, 9.17) is 19.9 Å². The van der Waals surface area contributed by atoms with Crippen LogP contribution in [0.15, 0.2) is 66.7 Å². The molecule has 92 heavy (non-hydrogen) atoms. The van der Waals surface area contributed by atoms with Crippen LogP contribution in [-0.2, 0) is 64.0 Å². The van der Waals surface area contributed by atoms with E-state index in [9.17, 15) is 57.8 Å². The van der Waals surface area contributed by atoms with Gasteiger partial charge in [0.2, 0.25) is 41.4 Å². The van der Waals surface area contributed by atoms with Gasteiger partial charge in [-0.05, 0) is 93.4 Å². The van der Waals surface area contributed by atoms with Crippen LogP contribution in [0.25, 0.3) is 0 Å². The fraction of sp³-hybridized carbons (Fsp3) is 0.621. The first-order chi connectivity index (χ1) is 43.6. The maximum Gasteiger partial charge on any atom is 0.410 e. The van der Waals surface area contributed by atoms with Crippen molar-refractivity contribution in [2.75, 3.05) is 53.3 Å². The van der Waals surface area contributed by atoms with Gasteiger partial charge < -0.3 is 66.8 Å². The van der Waals surface area contributed by atoms with Crippen LogP contribution >= 0.6 is 0 Å². The number of nitrogens with two attached hydrogens (primary N) is 1. The highest BCUT2D eigenvalue weighted by atomic mass is 16.6. The summed E-state index contributed by atoms with van der Waals surface area (Å²) in [6, 6.07) is 8.70. The molecule has 0 saturated carbocycles. The third-order valence-electron chi connectivity index (χ3n) is 17.2. The minimum atomic E-state index is -1.10. The molecule has 0 aromatic heterocycles. The molecule has 0 bridgehead atoms. The van der Waals surface area contributed by atoms with Gasteiger partial charge >= 0.3 is 12.1 Å². The van der Waals surface area contributed by atoms with Crippen molar-refractivity contribution in [1.82, 2.24) is 46.2 Å². The number of benzene rings is 2. The number of aliphatic hydroxyl groups is 1. The zero-order valence-corrected chi connectivity index (χ0v) is 55.9. The van der Waals surface area contributed by atoms with Gasteiger partial charge in [-0.2, -0.15) is 0 Å². The number of carbonyl (C=O) groups is 11. The lowest BCUT2D eigenvalue weighted by Gasteiger charge is -2.41. The summed E-state index contributed by atoms with van der Waals surface area (Å²) in [5.41, 5.74) is 6.73. The molecule has 1 saturated heterocycles. The number of anilines is 1. The minimum Gasteiger partial charge on any atom is -0.445 e. The van der Waals surface area contributed by atoms with Crippen molar-refractivity contribution in [3.63, 3.8) is 0 Å². The van der Waals surface area contributed by atoms with Crippen molar-refractivity contribution in [2.24, 2.45) is 29.4 Å². The van der Waals surface area contributed by atoms with Crippen LogP contribution in [0.3, 0.4) is 0 Å². The Morgan fingerprint density at radius 3 is 1.98 bits per heavy atom. The van der Waals surface area contributed by atoms with E-state index in [2.05, 4.69) is 31.9 Å². The van der Waals surface area contributed by atoms with Crippen LogP contribution in [0, 0.1) is 23.7 Å². The number of amides is 12. The molecular formula is C66H101N11O15. The summed E-state index contributed by atoms with van der Waals surface area (Å²) in [7, 11) is 6.07. The summed E-state index contributed by atoms with van der Waals surface area (Å²) in [6.07, 6.45) is 2.95. The molecule has 26 nitrogen and oxygen atoms in total. The van der Waals surface area contributed by atoms with Crippen LogP contribution in [0.2, 0.25) is 0 Å². The fourth-order valence-electron chi connectivity index (χ4n) is 11.7. The molecule has 0 aliphatic carbocycles. The van der Waals surface area contributed by atoms with Crippen LogP contribution in [0.4, 0.5) is 15.3 Å². The highest BCUT2D eigenvalue weighted by Gasteiger charge is 2.44. The molecule has 12 atom stereocenters. The minimum absolute atomic E-state index is 0.0860. The molecule has 0 unspecified atom stereocenters. The van der Waals surface area contributed by atoms with E-state index in [0.717, 1.165) is 4.90 Å². The summed E-state index contributed by atoms with van der Waals surface area (Å²) >= 11 is 0. The third-order valence-corrected chi connectivity index (χ3v) is 17.2. The quantitative estimate of drug-likeness (QED) is 0.0342. The number of imide groups is 1. The number of primary amides is 1. The molecule has 2 aromatic carbocycles. The largest absolute Gasteiger partial charge is 0.445 e. The number of nitrogens with one attached hydrogen (secondary N) is 6. The van der Waals surface area contributed by atoms with Gasteiger partial charge in [0, 0.05) is 72.2 Å². The first-order valence-corrected chi connectivity index (χ1v) is 32.0. The second-order valence-electron chi connectivity index (χ2n) is 24.8. The number of unbranched alkanes of at least 4 members (excludes halogenated alkanes) is 2. The Morgan fingerprint density at radius 2 is 1.39 bits per heavy atom. The number of likely N-dealkylation sites (tertiary alicyclic amines) is 1. The first-order valence-electron chi connectivity index (χ1n) is 32.0. The van der Waals surface area contributed by atoms with Gasteiger partial charge in [-0.25, -0.2) is 9.59 Å². The summed E-state index contributed by atoms with van der Waals surface area (Å²) in [6.45, 7) is 16.6. The molecule has 1 fully saturated rings. The maximum atomic E-state index is 14.8. The van der Waals surface area contributed by atoms with Crippen LogP contribution in [0.1, 0.15) is 144 Å². The van der Waals surface area contributed by atoms with E-state index in [0.29, 0.717) is 61.9 Å². The van der Waals surface area contributed by atoms with E-state index in [1.165, 1.54) is 45.2 Å². The molecule has 4 rings (SSSR count). The number of methoxy groups -OCH3 is 2. The topological polar surface area (TPSA) is 347 Å². The van der Waals surface area contributed by atoms with Crippen molar-refractivity contribution in [3.8, 4) is 0 Å². The molecule has 2 aliphatic rings. The van der Waals surface area contributed by atoms with Gasteiger partial charge in [0.15, 0.2) is 0 Å². The molecule has 0 spiro atoms. The highest BCUT2D eigenvalue weighted by Crippen LogP contribution is 2.31. The summed E-state index contributed by atoms with van der Waals surface area (Å²) in [4.78, 5) is 151. The number of rotatable bonds is 37. The number of carbonyl (C=O) groups excluding carboxylic acids is 11. The zero-order chi connectivity index (χ0) is 68.5. The standard InChI is InChI=1S/C66H101N11O15/c1-14-41(6)57(50(90-12)37-54(81)76-36-22-26-49(76)59(91-13)42(7)60(83)70-43(8)58(82)46-23-17-15-18-24-46)74(10)64(87)55(39(2)3)73-63(86)56(40(4)5)75(11)66(89)92-38-45-28-30-47(31-29-45)71-62(85)48(25-21-34-68-65(67)88)72-61(84)44(9)69-51(78)27-19-16-20-35-77-52(79)32-33-53(77)80/h15,17-18,23-24,28-33,39-44,48-50,55-59,82H,14,16,19-22,25-27,34-38H2,1-13H3,(H,69,78)(H,70,83)(H,71,85)(H,72,84)(H,73,86)(H3,67,68,88)/t41-,42+,43+,44-,48-,49-,50+,55-,56-,57-,58+,59+/m0/s1. The average molecular weight is 1290 g/mol. The van der Waals surface area contributed by atoms with Gasteiger partial charge in [0.25, 0.3) is 11.8 Å². The first kappa shape index (κ1) is 76.5. The molecule has 26 heteroatoms. The van der Waals surface area contributed by atoms with E-state index in [1.807, 2.05) is 32.0 Å². The zero-order valence-electron chi connectivity index (χ0n) is 55.9. The van der Waals surface area contributed by atoms with Gasteiger partial charge in [-0.3, -0.25) is 53.0 Å². The molecule has 2 aromatic rings. The normalized spacial score (nSPS) is 17.5. The lowest BCUT2D eigenvalue weighted by atomic mass is 9.89. The second-order valence-corrected chi connectivity index (χ2v) is 24.8.